The van der Waals surface area contributed by atoms with E-state index in [2.05, 4.69) is 5.32 Å². The molecule has 0 spiro atoms. The van der Waals surface area contributed by atoms with Crippen LogP contribution in [-0.2, 0) is 21.2 Å². The molecule has 0 unspecified atom stereocenters. The smallest absolute Gasteiger partial charge is 0.243 e. The number of rotatable bonds is 9. The molecule has 6 nitrogen and oxygen atoms in total. The van der Waals surface area contributed by atoms with E-state index in [4.69, 9.17) is 16.3 Å². The lowest BCUT2D eigenvalue weighted by Crippen LogP contribution is -2.39. The number of nitrogens with one attached hydrogen (secondary N) is 1. The fourth-order valence-electron chi connectivity index (χ4n) is 3.26. The number of sulfonamides is 1. The lowest BCUT2D eigenvalue weighted by Gasteiger charge is -2.22. The van der Waals surface area contributed by atoms with Crippen molar-refractivity contribution in [1.29, 1.82) is 0 Å². The quantitative estimate of drug-likeness (QED) is 0.496. The predicted molar refractivity (Wildman–Crippen MR) is 127 cm³/mol. The van der Waals surface area contributed by atoms with Gasteiger partial charge in [-0.05, 0) is 54.8 Å². The molecule has 0 heterocycles. The number of hydrogen-bond acceptors (Lipinski definition) is 4. The summed E-state index contributed by atoms with van der Waals surface area (Å²) < 4.78 is 33.3. The second kappa shape index (κ2) is 10.6. The molecule has 3 rings (SSSR count). The van der Waals surface area contributed by atoms with E-state index in [9.17, 15) is 13.2 Å². The first-order valence-corrected chi connectivity index (χ1v) is 11.9. The molecule has 1 N–H and O–H groups in total. The summed E-state index contributed by atoms with van der Waals surface area (Å²) in [6.07, 6.45) is 0.467. The van der Waals surface area contributed by atoms with Crippen molar-refractivity contribution in [3.05, 3.63) is 88.9 Å². The number of anilines is 1. The Hall–Kier alpha value is -2.87. The summed E-state index contributed by atoms with van der Waals surface area (Å²) in [5.74, 6) is 0.121. The van der Waals surface area contributed by atoms with Gasteiger partial charge < -0.3 is 10.1 Å². The fraction of sp³-hybridized carbons (Fsp3) is 0.208. The summed E-state index contributed by atoms with van der Waals surface area (Å²) in [5.41, 5.74) is 2.10. The minimum Gasteiger partial charge on any atom is -0.496 e. The molecular weight excluding hydrogens is 448 g/mol. The number of benzene rings is 3. The zero-order valence-electron chi connectivity index (χ0n) is 17.9. The Morgan fingerprint density at radius 2 is 1.72 bits per heavy atom. The lowest BCUT2D eigenvalue weighted by molar-refractivity contribution is -0.116. The Bertz CT molecular complexity index is 1180. The van der Waals surface area contributed by atoms with Gasteiger partial charge in [-0.1, -0.05) is 54.1 Å². The molecule has 0 aliphatic heterocycles. The number of para-hydroxylation sites is 1. The van der Waals surface area contributed by atoms with Crippen LogP contribution in [0.15, 0.2) is 77.7 Å². The van der Waals surface area contributed by atoms with Crippen molar-refractivity contribution in [2.45, 2.75) is 18.2 Å². The first-order chi connectivity index (χ1) is 15.3. The number of halogens is 1. The van der Waals surface area contributed by atoms with Gasteiger partial charge >= 0.3 is 0 Å². The van der Waals surface area contributed by atoms with Crippen LogP contribution in [-0.4, -0.2) is 38.8 Å². The molecule has 0 aromatic heterocycles. The van der Waals surface area contributed by atoms with E-state index >= 15 is 0 Å². The van der Waals surface area contributed by atoms with Crippen LogP contribution in [0.2, 0.25) is 5.02 Å². The summed E-state index contributed by atoms with van der Waals surface area (Å²) in [7, 11) is -2.40. The van der Waals surface area contributed by atoms with E-state index in [1.807, 2.05) is 30.3 Å². The Balaban J connectivity index is 1.86. The van der Waals surface area contributed by atoms with Gasteiger partial charge in [0.15, 0.2) is 0 Å². The van der Waals surface area contributed by atoms with Gasteiger partial charge in [0.2, 0.25) is 15.9 Å². The van der Waals surface area contributed by atoms with E-state index in [0.717, 1.165) is 5.56 Å². The molecule has 8 heteroatoms. The van der Waals surface area contributed by atoms with E-state index < -0.39 is 15.9 Å². The van der Waals surface area contributed by atoms with E-state index in [0.29, 0.717) is 28.4 Å². The van der Waals surface area contributed by atoms with Crippen LogP contribution in [0, 0.1) is 6.92 Å². The molecule has 0 atom stereocenters. The van der Waals surface area contributed by atoms with Gasteiger partial charge in [0.05, 0.1) is 29.3 Å². The number of nitrogens with zero attached hydrogens (tertiary/aromatic N) is 1. The topological polar surface area (TPSA) is 75.7 Å². The summed E-state index contributed by atoms with van der Waals surface area (Å²) in [6, 6.07) is 21.0. The molecule has 0 saturated heterocycles. The SMILES string of the molecule is COc1ccc(S(=O)(=O)N(CCc2ccccc2)CC(=O)Nc2ccccc2Cl)cc1C. The molecule has 0 fully saturated rings. The maximum Gasteiger partial charge on any atom is 0.243 e. The first kappa shape index (κ1) is 23.8. The average Bonchev–Trinajstić information content (AvgIpc) is 2.78. The number of aryl methyl sites for hydroxylation is 1. The molecule has 32 heavy (non-hydrogen) atoms. The van der Waals surface area contributed by atoms with Crippen molar-refractivity contribution < 1.29 is 17.9 Å². The van der Waals surface area contributed by atoms with E-state index in [1.54, 1.807) is 43.3 Å². The third-order valence-electron chi connectivity index (χ3n) is 4.96. The second-order valence-electron chi connectivity index (χ2n) is 7.23. The summed E-state index contributed by atoms with van der Waals surface area (Å²) in [4.78, 5) is 12.8. The Labute approximate surface area is 193 Å². The van der Waals surface area contributed by atoms with Gasteiger partial charge in [-0.15, -0.1) is 0 Å². The maximum absolute atomic E-state index is 13.4. The standard InChI is InChI=1S/C24H25ClN2O4S/c1-18-16-20(12-13-23(18)31-2)32(29,30)27(15-14-19-8-4-3-5-9-19)17-24(28)26-22-11-7-6-10-21(22)25/h3-13,16H,14-15,17H2,1-2H3,(H,26,28). The van der Waals surface area contributed by atoms with Gasteiger partial charge in [0, 0.05) is 6.54 Å². The van der Waals surface area contributed by atoms with Gasteiger partial charge in [-0.25, -0.2) is 8.42 Å². The number of carbonyl (C=O) groups excluding carboxylic acids is 1. The Kier molecular flexibility index (Phi) is 7.90. The third kappa shape index (κ3) is 5.88. The normalized spacial score (nSPS) is 11.4. The molecule has 0 aliphatic rings. The number of carbonyl (C=O) groups is 1. The Morgan fingerprint density at radius 3 is 2.38 bits per heavy atom. The summed E-state index contributed by atoms with van der Waals surface area (Å²) in [6.45, 7) is 1.58. The lowest BCUT2D eigenvalue weighted by atomic mass is 10.1. The highest BCUT2D eigenvalue weighted by molar-refractivity contribution is 7.89. The molecule has 3 aromatic carbocycles. The number of methoxy groups -OCH3 is 1. The average molecular weight is 473 g/mol. The van der Waals surface area contributed by atoms with Crippen LogP contribution in [0.25, 0.3) is 0 Å². The zero-order chi connectivity index (χ0) is 23.1. The molecule has 0 radical (unpaired) electrons. The predicted octanol–water partition coefficient (Wildman–Crippen LogP) is 4.53. The zero-order valence-corrected chi connectivity index (χ0v) is 19.5. The first-order valence-electron chi connectivity index (χ1n) is 10.0. The van der Waals surface area contributed by atoms with E-state index in [1.165, 1.54) is 17.5 Å². The highest BCUT2D eigenvalue weighted by Crippen LogP contribution is 2.25. The minimum atomic E-state index is -3.93. The molecular formula is C24H25ClN2O4S. The number of hydrogen-bond donors (Lipinski definition) is 1. The van der Waals surface area contributed by atoms with Crippen LogP contribution in [0.5, 0.6) is 5.75 Å². The molecule has 1 amide bonds. The molecule has 0 saturated carbocycles. The molecule has 3 aromatic rings. The molecule has 168 valence electrons. The fourth-order valence-corrected chi connectivity index (χ4v) is 4.92. The van der Waals surface area contributed by atoms with Gasteiger partial charge in [0.25, 0.3) is 0 Å². The Morgan fingerprint density at radius 1 is 1.03 bits per heavy atom. The summed E-state index contributed by atoms with van der Waals surface area (Å²) in [5, 5.41) is 3.07. The highest BCUT2D eigenvalue weighted by atomic mass is 35.5. The van der Waals surface area contributed by atoms with Crippen LogP contribution in [0.1, 0.15) is 11.1 Å². The van der Waals surface area contributed by atoms with Gasteiger partial charge in [0.1, 0.15) is 5.75 Å². The van der Waals surface area contributed by atoms with Gasteiger partial charge in [-0.3, -0.25) is 4.79 Å². The van der Waals surface area contributed by atoms with Crippen molar-refractivity contribution in [2.75, 3.05) is 25.5 Å². The largest absolute Gasteiger partial charge is 0.496 e. The van der Waals surface area contributed by atoms with Crippen molar-refractivity contribution in [3.63, 3.8) is 0 Å². The van der Waals surface area contributed by atoms with Crippen LogP contribution >= 0.6 is 11.6 Å². The number of amides is 1. The van der Waals surface area contributed by atoms with Crippen LogP contribution in [0.4, 0.5) is 5.69 Å². The molecule has 0 bridgehead atoms. The van der Waals surface area contributed by atoms with Crippen molar-refractivity contribution >= 4 is 33.2 Å². The van der Waals surface area contributed by atoms with Crippen molar-refractivity contribution in [1.82, 2.24) is 4.31 Å². The molecule has 0 aliphatic carbocycles. The van der Waals surface area contributed by atoms with E-state index in [-0.39, 0.29) is 18.0 Å². The minimum absolute atomic E-state index is 0.106. The monoisotopic (exact) mass is 472 g/mol. The van der Waals surface area contributed by atoms with Crippen LogP contribution < -0.4 is 10.1 Å². The summed E-state index contributed by atoms with van der Waals surface area (Å²) >= 11 is 6.12. The highest BCUT2D eigenvalue weighted by Gasteiger charge is 2.27. The third-order valence-corrected chi connectivity index (χ3v) is 7.14. The van der Waals surface area contributed by atoms with Crippen molar-refractivity contribution in [3.8, 4) is 5.75 Å². The van der Waals surface area contributed by atoms with Crippen molar-refractivity contribution in [2.24, 2.45) is 0 Å². The second-order valence-corrected chi connectivity index (χ2v) is 9.58. The maximum atomic E-state index is 13.4. The van der Waals surface area contributed by atoms with Crippen LogP contribution in [0.3, 0.4) is 0 Å². The number of ether oxygens (including phenoxy) is 1. The van der Waals surface area contributed by atoms with Gasteiger partial charge in [-0.2, -0.15) is 4.31 Å².